The fourth-order valence-electron chi connectivity index (χ4n) is 3.32. The standard InChI is InChI=1S/C26H27N5OS2/c1-18-14-15-33-22(18)16-27-28-23(32)17-34-25-30-29-24(31(25)21-8-6-5-7-9-21)19-10-12-20(13-11-19)26(2,3)4/h5-16H,17H2,1-4H3,(H,28,32)/b27-16+. The lowest BCUT2D eigenvalue weighted by molar-refractivity contribution is -0.118. The van der Waals surface area contributed by atoms with Gasteiger partial charge in [-0.1, -0.05) is 75.0 Å². The van der Waals surface area contributed by atoms with E-state index in [1.807, 2.05) is 53.3 Å². The maximum absolute atomic E-state index is 12.4. The molecule has 0 saturated heterocycles. The molecule has 4 aromatic rings. The normalized spacial score (nSPS) is 11.8. The van der Waals surface area contributed by atoms with E-state index in [1.165, 1.54) is 17.3 Å². The van der Waals surface area contributed by atoms with E-state index in [0.29, 0.717) is 5.16 Å². The van der Waals surface area contributed by atoms with Gasteiger partial charge in [0, 0.05) is 16.1 Å². The number of thioether (sulfide) groups is 1. The molecule has 2 aromatic carbocycles. The Bertz CT molecular complexity index is 1280. The molecule has 1 amide bonds. The summed E-state index contributed by atoms with van der Waals surface area (Å²) in [5.41, 5.74) is 6.97. The number of nitrogens with one attached hydrogen (secondary N) is 1. The van der Waals surface area contributed by atoms with Gasteiger partial charge in [0.2, 0.25) is 0 Å². The van der Waals surface area contributed by atoms with E-state index in [1.54, 1.807) is 17.6 Å². The molecule has 6 nitrogen and oxygen atoms in total. The number of nitrogens with zero attached hydrogens (tertiary/aromatic N) is 4. The summed E-state index contributed by atoms with van der Waals surface area (Å²) in [6, 6.07) is 20.4. The predicted octanol–water partition coefficient (Wildman–Crippen LogP) is 5.84. The lowest BCUT2D eigenvalue weighted by Crippen LogP contribution is -2.20. The van der Waals surface area contributed by atoms with Crippen LogP contribution >= 0.6 is 23.1 Å². The van der Waals surface area contributed by atoms with Crippen LogP contribution in [0.5, 0.6) is 0 Å². The zero-order valence-electron chi connectivity index (χ0n) is 19.6. The third-order valence-corrected chi connectivity index (χ3v) is 7.14. The van der Waals surface area contributed by atoms with Crippen molar-refractivity contribution in [2.45, 2.75) is 38.3 Å². The van der Waals surface area contributed by atoms with Gasteiger partial charge < -0.3 is 0 Å². The third kappa shape index (κ3) is 5.63. The van der Waals surface area contributed by atoms with Gasteiger partial charge in [0.1, 0.15) is 0 Å². The zero-order chi connectivity index (χ0) is 24.1. The van der Waals surface area contributed by atoms with Crippen molar-refractivity contribution < 1.29 is 4.79 Å². The van der Waals surface area contributed by atoms with E-state index in [0.717, 1.165) is 27.5 Å². The summed E-state index contributed by atoms with van der Waals surface area (Å²) in [4.78, 5) is 13.4. The molecule has 0 bridgehead atoms. The third-order valence-electron chi connectivity index (χ3n) is 5.26. The van der Waals surface area contributed by atoms with Crippen molar-refractivity contribution in [1.82, 2.24) is 20.2 Å². The van der Waals surface area contributed by atoms with Crippen LogP contribution in [0.3, 0.4) is 0 Å². The van der Waals surface area contributed by atoms with E-state index in [4.69, 9.17) is 0 Å². The van der Waals surface area contributed by atoms with E-state index >= 15 is 0 Å². The number of rotatable bonds is 7. The highest BCUT2D eigenvalue weighted by atomic mass is 32.2. The van der Waals surface area contributed by atoms with Gasteiger partial charge in [-0.15, -0.1) is 21.5 Å². The van der Waals surface area contributed by atoms with Crippen LogP contribution in [0.15, 0.2) is 76.3 Å². The molecule has 0 saturated carbocycles. The quantitative estimate of drug-likeness (QED) is 0.201. The minimum Gasteiger partial charge on any atom is -0.272 e. The van der Waals surface area contributed by atoms with Crippen molar-refractivity contribution >= 4 is 35.2 Å². The van der Waals surface area contributed by atoms with E-state index in [2.05, 4.69) is 65.8 Å². The van der Waals surface area contributed by atoms with E-state index < -0.39 is 0 Å². The van der Waals surface area contributed by atoms with Crippen molar-refractivity contribution in [2.75, 3.05) is 5.75 Å². The average Bonchev–Trinajstić information content (AvgIpc) is 3.44. The Kier molecular flexibility index (Phi) is 7.29. The van der Waals surface area contributed by atoms with Crippen LogP contribution < -0.4 is 5.43 Å². The molecule has 0 aliphatic rings. The molecule has 174 valence electrons. The Balaban J connectivity index is 1.54. The Morgan fingerprint density at radius 1 is 1.09 bits per heavy atom. The number of hydrogen-bond acceptors (Lipinski definition) is 6. The first kappa shape index (κ1) is 23.9. The first-order valence-electron chi connectivity index (χ1n) is 10.9. The van der Waals surface area contributed by atoms with E-state index in [-0.39, 0.29) is 17.1 Å². The molecule has 0 unspecified atom stereocenters. The smallest absolute Gasteiger partial charge is 0.250 e. The number of amides is 1. The average molecular weight is 490 g/mol. The van der Waals surface area contributed by atoms with Crippen LogP contribution in [0.25, 0.3) is 17.1 Å². The first-order valence-corrected chi connectivity index (χ1v) is 12.8. The van der Waals surface area contributed by atoms with Crippen LogP contribution in [0.4, 0.5) is 0 Å². The van der Waals surface area contributed by atoms with Crippen LogP contribution in [-0.4, -0.2) is 32.6 Å². The largest absolute Gasteiger partial charge is 0.272 e. The molecular formula is C26H27N5OS2. The predicted molar refractivity (Wildman–Crippen MR) is 141 cm³/mol. The highest BCUT2D eigenvalue weighted by Crippen LogP contribution is 2.30. The van der Waals surface area contributed by atoms with Gasteiger partial charge in [-0.25, -0.2) is 5.43 Å². The van der Waals surface area contributed by atoms with Crippen LogP contribution in [-0.2, 0) is 10.2 Å². The monoisotopic (exact) mass is 489 g/mol. The Morgan fingerprint density at radius 3 is 2.47 bits per heavy atom. The number of aryl methyl sites for hydroxylation is 1. The second kappa shape index (κ2) is 10.4. The number of aromatic nitrogens is 3. The molecule has 0 atom stereocenters. The SMILES string of the molecule is Cc1ccsc1/C=N/NC(=O)CSc1nnc(-c2ccc(C(C)(C)C)cc2)n1-c1ccccc1. The van der Waals surface area contributed by atoms with Crippen LogP contribution in [0, 0.1) is 6.92 Å². The molecule has 1 N–H and O–H groups in total. The van der Waals surface area contributed by atoms with Crippen molar-refractivity contribution in [2.24, 2.45) is 5.10 Å². The van der Waals surface area contributed by atoms with Gasteiger partial charge in [-0.05, 0) is 47.0 Å². The fraction of sp³-hybridized carbons (Fsp3) is 0.231. The van der Waals surface area contributed by atoms with Gasteiger partial charge >= 0.3 is 0 Å². The van der Waals surface area contributed by atoms with Gasteiger partial charge in [-0.3, -0.25) is 9.36 Å². The van der Waals surface area contributed by atoms with Crippen molar-refractivity contribution in [3.8, 4) is 17.1 Å². The van der Waals surface area contributed by atoms with Crippen LogP contribution in [0.1, 0.15) is 36.8 Å². The molecule has 8 heteroatoms. The number of benzene rings is 2. The molecular weight excluding hydrogens is 462 g/mol. The highest BCUT2D eigenvalue weighted by Gasteiger charge is 2.19. The molecule has 34 heavy (non-hydrogen) atoms. The fourth-order valence-corrected chi connectivity index (χ4v) is 4.85. The lowest BCUT2D eigenvalue weighted by atomic mass is 9.87. The molecule has 2 heterocycles. The summed E-state index contributed by atoms with van der Waals surface area (Å²) in [7, 11) is 0. The number of para-hydroxylation sites is 1. The number of hydrogen-bond donors (Lipinski definition) is 1. The summed E-state index contributed by atoms with van der Waals surface area (Å²) in [5.74, 6) is 0.712. The zero-order valence-corrected chi connectivity index (χ0v) is 21.3. The number of thiophene rings is 1. The Morgan fingerprint density at radius 2 is 1.82 bits per heavy atom. The molecule has 0 spiro atoms. The second-order valence-corrected chi connectivity index (χ2v) is 10.7. The molecule has 0 aliphatic carbocycles. The summed E-state index contributed by atoms with van der Waals surface area (Å²) >= 11 is 2.92. The first-order chi connectivity index (χ1) is 16.3. The number of carbonyl (C=O) groups is 1. The molecule has 0 radical (unpaired) electrons. The highest BCUT2D eigenvalue weighted by molar-refractivity contribution is 7.99. The molecule has 0 aliphatic heterocycles. The maximum Gasteiger partial charge on any atom is 0.250 e. The number of hydrazone groups is 1. The van der Waals surface area contributed by atoms with Crippen molar-refractivity contribution in [3.63, 3.8) is 0 Å². The molecule has 2 aromatic heterocycles. The summed E-state index contributed by atoms with van der Waals surface area (Å²) in [6.45, 7) is 8.60. The minimum atomic E-state index is -0.200. The number of carbonyl (C=O) groups excluding carboxylic acids is 1. The van der Waals surface area contributed by atoms with E-state index in [9.17, 15) is 4.79 Å². The molecule has 0 fully saturated rings. The summed E-state index contributed by atoms with van der Waals surface area (Å²) < 4.78 is 1.99. The second-order valence-electron chi connectivity index (χ2n) is 8.85. The van der Waals surface area contributed by atoms with Gasteiger partial charge in [-0.2, -0.15) is 5.10 Å². The maximum atomic E-state index is 12.4. The Labute approximate surface area is 208 Å². The molecule has 4 rings (SSSR count). The summed E-state index contributed by atoms with van der Waals surface area (Å²) in [6.07, 6.45) is 1.67. The van der Waals surface area contributed by atoms with Crippen molar-refractivity contribution in [3.05, 3.63) is 82.0 Å². The van der Waals surface area contributed by atoms with Crippen molar-refractivity contribution in [1.29, 1.82) is 0 Å². The Hall–Kier alpha value is -3.23. The van der Waals surface area contributed by atoms with Gasteiger partial charge in [0.05, 0.1) is 12.0 Å². The van der Waals surface area contributed by atoms with Crippen LogP contribution in [0.2, 0.25) is 0 Å². The van der Waals surface area contributed by atoms with Gasteiger partial charge in [0.15, 0.2) is 11.0 Å². The minimum absolute atomic E-state index is 0.0741. The lowest BCUT2D eigenvalue weighted by Gasteiger charge is -2.19. The van der Waals surface area contributed by atoms with Gasteiger partial charge in [0.25, 0.3) is 5.91 Å². The topological polar surface area (TPSA) is 72.2 Å². The summed E-state index contributed by atoms with van der Waals surface area (Å²) in [5, 5.41) is 15.6.